The molecular formula is C27H31N3O6S2. The van der Waals surface area contributed by atoms with Crippen LogP contribution in [0.2, 0.25) is 0 Å². The Labute approximate surface area is 229 Å². The van der Waals surface area contributed by atoms with Crippen molar-refractivity contribution in [1.82, 2.24) is 10.2 Å². The van der Waals surface area contributed by atoms with Gasteiger partial charge >= 0.3 is 5.97 Å². The van der Waals surface area contributed by atoms with Crippen molar-refractivity contribution in [2.75, 3.05) is 11.1 Å². The van der Waals surface area contributed by atoms with Crippen LogP contribution in [-0.4, -0.2) is 45.1 Å². The Morgan fingerprint density at radius 2 is 1.92 bits per heavy atom. The Kier molecular flexibility index (Phi) is 9.50. The number of carbonyl (C=O) groups is 2. The van der Waals surface area contributed by atoms with Crippen LogP contribution in [0.3, 0.4) is 0 Å². The van der Waals surface area contributed by atoms with Gasteiger partial charge < -0.3 is 24.6 Å². The van der Waals surface area contributed by atoms with E-state index in [1.807, 2.05) is 43.3 Å². The van der Waals surface area contributed by atoms with E-state index in [-0.39, 0.29) is 24.7 Å². The zero-order chi connectivity index (χ0) is 27.2. The van der Waals surface area contributed by atoms with Crippen LogP contribution in [0, 0.1) is 12.8 Å². The lowest BCUT2D eigenvalue weighted by Crippen LogP contribution is -2.38. The fraction of sp³-hybridized carbons (Fsp3) is 0.407. The second-order valence-electron chi connectivity index (χ2n) is 9.09. The first-order chi connectivity index (χ1) is 18.2. The van der Waals surface area contributed by atoms with Gasteiger partial charge in [0.2, 0.25) is 0 Å². The SMILES string of the molecule is CC(=O)O[C@@H](C)C(=O)Nc1cccc([C@H]2O[C@@H](CSc3nnc(C)s3)[C@@H](C)[C@@H](c3ccc(CO)cc3)O2)c1. The van der Waals surface area contributed by atoms with E-state index in [1.54, 1.807) is 35.2 Å². The highest BCUT2D eigenvalue weighted by molar-refractivity contribution is 8.01. The number of amides is 1. The molecule has 1 amide bonds. The van der Waals surface area contributed by atoms with Crippen molar-refractivity contribution in [3.05, 3.63) is 70.2 Å². The Morgan fingerprint density at radius 1 is 1.16 bits per heavy atom. The van der Waals surface area contributed by atoms with Crippen LogP contribution in [0.1, 0.15) is 54.9 Å². The van der Waals surface area contributed by atoms with E-state index in [0.717, 1.165) is 26.0 Å². The summed E-state index contributed by atoms with van der Waals surface area (Å²) in [6, 6.07) is 15.0. The van der Waals surface area contributed by atoms with E-state index in [0.29, 0.717) is 11.4 Å². The highest BCUT2D eigenvalue weighted by atomic mass is 32.2. The third-order valence-electron chi connectivity index (χ3n) is 6.14. The number of aliphatic hydroxyl groups is 1. The molecule has 202 valence electrons. The number of ether oxygens (including phenoxy) is 3. The summed E-state index contributed by atoms with van der Waals surface area (Å²) in [6.45, 7) is 6.78. The zero-order valence-corrected chi connectivity index (χ0v) is 23.3. The molecule has 0 unspecified atom stereocenters. The monoisotopic (exact) mass is 557 g/mol. The largest absolute Gasteiger partial charge is 0.453 e. The highest BCUT2D eigenvalue weighted by Crippen LogP contribution is 2.43. The molecule has 1 saturated heterocycles. The van der Waals surface area contributed by atoms with Gasteiger partial charge in [-0.25, -0.2) is 0 Å². The van der Waals surface area contributed by atoms with E-state index in [9.17, 15) is 14.7 Å². The molecular weight excluding hydrogens is 526 g/mol. The van der Waals surface area contributed by atoms with Gasteiger partial charge in [0.1, 0.15) is 5.01 Å². The molecule has 2 N–H and O–H groups in total. The second-order valence-corrected chi connectivity index (χ2v) is 11.5. The molecule has 2 heterocycles. The number of nitrogens with one attached hydrogen (secondary N) is 1. The Morgan fingerprint density at radius 3 is 2.58 bits per heavy atom. The standard InChI is InChI=1S/C27H31N3O6S2/c1-15-23(14-37-27-30-29-17(3)38-27)35-26(36-24(15)20-10-8-19(13-31)9-11-20)21-6-5-7-22(12-21)28-25(33)16(2)34-18(4)32/h5-12,15-16,23-24,26,31H,13-14H2,1-4H3,(H,28,33)/t15-,16+,23+,24+,26+/m1/s1. The van der Waals surface area contributed by atoms with Crippen molar-refractivity contribution < 1.29 is 28.9 Å². The van der Waals surface area contributed by atoms with Crippen LogP contribution in [0.4, 0.5) is 5.69 Å². The summed E-state index contributed by atoms with van der Waals surface area (Å²) in [7, 11) is 0. The van der Waals surface area contributed by atoms with Gasteiger partial charge in [0.25, 0.3) is 5.91 Å². The summed E-state index contributed by atoms with van der Waals surface area (Å²) >= 11 is 3.15. The molecule has 0 radical (unpaired) electrons. The Bertz CT molecular complexity index is 1250. The van der Waals surface area contributed by atoms with Gasteiger partial charge in [0, 0.05) is 29.8 Å². The third kappa shape index (κ3) is 7.17. The van der Waals surface area contributed by atoms with Crippen molar-refractivity contribution in [2.24, 2.45) is 5.92 Å². The molecule has 1 aliphatic rings. The maximum atomic E-state index is 12.5. The fourth-order valence-electron chi connectivity index (χ4n) is 4.11. The molecule has 5 atom stereocenters. The molecule has 1 aliphatic heterocycles. The molecule has 4 rings (SSSR count). The van der Waals surface area contributed by atoms with Crippen LogP contribution in [0.5, 0.6) is 0 Å². The van der Waals surface area contributed by atoms with Gasteiger partial charge in [0.15, 0.2) is 16.7 Å². The first-order valence-corrected chi connectivity index (χ1v) is 14.0. The molecule has 11 heteroatoms. The first-order valence-electron chi connectivity index (χ1n) is 12.2. The normalized spacial score (nSPS) is 22.0. The molecule has 0 bridgehead atoms. The quantitative estimate of drug-likeness (QED) is 0.282. The maximum absolute atomic E-state index is 12.5. The van der Waals surface area contributed by atoms with Crippen LogP contribution >= 0.6 is 23.1 Å². The van der Waals surface area contributed by atoms with Crippen LogP contribution in [0.15, 0.2) is 52.9 Å². The molecule has 0 spiro atoms. The first kappa shape index (κ1) is 28.2. The maximum Gasteiger partial charge on any atom is 0.303 e. The van der Waals surface area contributed by atoms with Crippen molar-refractivity contribution in [3.8, 4) is 0 Å². The number of benzene rings is 2. The molecule has 1 fully saturated rings. The van der Waals surface area contributed by atoms with E-state index < -0.39 is 24.3 Å². The van der Waals surface area contributed by atoms with Crippen molar-refractivity contribution >= 4 is 40.7 Å². The minimum atomic E-state index is -0.921. The third-order valence-corrected chi connectivity index (χ3v) is 8.20. The lowest BCUT2D eigenvalue weighted by atomic mass is 9.91. The van der Waals surface area contributed by atoms with Gasteiger partial charge in [-0.15, -0.1) is 10.2 Å². The van der Waals surface area contributed by atoms with Crippen molar-refractivity contribution in [2.45, 2.75) is 63.2 Å². The van der Waals surface area contributed by atoms with Gasteiger partial charge in [0.05, 0.1) is 18.8 Å². The molecule has 1 aromatic heterocycles. The fourth-order valence-corrected chi connectivity index (χ4v) is 6.11. The van der Waals surface area contributed by atoms with Crippen molar-refractivity contribution in [3.63, 3.8) is 0 Å². The van der Waals surface area contributed by atoms with Crippen molar-refractivity contribution in [1.29, 1.82) is 0 Å². The number of esters is 1. The van der Waals surface area contributed by atoms with Crippen LogP contribution in [-0.2, 0) is 30.4 Å². The van der Waals surface area contributed by atoms with E-state index >= 15 is 0 Å². The zero-order valence-electron chi connectivity index (χ0n) is 21.6. The lowest BCUT2D eigenvalue weighted by molar-refractivity contribution is -0.268. The number of rotatable bonds is 9. The average molecular weight is 558 g/mol. The lowest BCUT2D eigenvalue weighted by Gasteiger charge is -2.41. The molecule has 2 aromatic carbocycles. The topological polar surface area (TPSA) is 120 Å². The number of aromatic nitrogens is 2. The smallest absolute Gasteiger partial charge is 0.303 e. The van der Waals surface area contributed by atoms with Gasteiger partial charge in [-0.1, -0.05) is 66.4 Å². The Balaban J connectivity index is 1.55. The highest BCUT2D eigenvalue weighted by Gasteiger charge is 2.38. The van der Waals surface area contributed by atoms with Gasteiger partial charge in [-0.3, -0.25) is 9.59 Å². The van der Waals surface area contributed by atoms with Gasteiger partial charge in [-0.2, -0.15) is 0 Å². The number of aryl methyl sites for hydroxylation is 1. The molecule has 3 aromatic rings. The van der Waals surface area contributed by atoms with E-state index in [4.69, 9.17) is 14.2 Å². The number of hydrogen-bond donors (Lipinski definition) is 2. The van der Waals surface area contributed by atoms with E-state index in [1.165, 1.54) is 13.8 Å². The van der Waals surface area contributed by atoms with Gasteiger partial charge in [-0.05, 0) is 37.1 Å². The summed E-state index contributed by atoms with van der Waals surface area (Å²) in [5.41, 5.74) is 3.10. The molecule has 38 heavy (non-hydrogen) atoms. The molecule has 0 saturated carbocycles. The summed E-state index contributed by atoms with van der Waals surface area (Å²) in [4.78, 5) is 23.7. The molecule has 0 aliphatic carbocycles. The number of hydrogen-bond acceptors (Lipinski definition) is 10. The summed E-state index contributed by atoms with van der Waals surface area (Å²) < 4.78 is 18.8. The summed E-state index contributed by atoms with van der Waals surface area (Å²) in [5.74, 6) is -0.262. The molecule has 9 nitrogen and oxygen atoms in total. The number of aliphatic hydroxyl groups excluding tert-OH is 1. The summed E-state index contributed by atoms with van der Waals surface area (Å²) in [6.07, 6.45) is -2.02. The minimum absolute atomic E-state index is 0.0256. The van der Waals surface area contributed by atoms with E-state index in [2.05, 4.69) is 22.4 Å². The van der Waals surface area contributed by atoms with Crippen LogP contribution in [0.25, 0.3) is 0 Å². The minimum Gasteiger partial charge on any atom is -0.453 e. The number of nitrogens with zero attached hydrogens (tertiary/aromatic N) is 2. The number of carbonyl (C=O) groups excluding carboxylic acids is 2. The Hall–Kier alpha value is -2.83. The number of thioether (sulfide) groups is 1. The van der Waals surface area contributed by atoms with Crippen LogP contribution < -0.4 is 5.32 Å². The average Bonchev–Trinajstić information content (AvgIpc) is 3.32. The second kappa shape index (κ2) is 12.8. The number of anilines is 1. The predicted molar refractivity (Wildman–Crippen MR) is 145 cm³/mol. The summed E-state index contributed by atoms with van der Waals surface area (Å²) in [5, 5.41) is 21.5. The predicted octanol–water partition coefficient (Wildman–Crippen LogP) is 4.81.